The van der Waals surface area contributed by atoms with Crippen LogP contribution < -0.4 is 15.0 Å². The molecule has 2 N–H and O–H groups in total. The average Bonchev–Trinajstić information content (AvgIpc) is 2.63. The van der Waals surface area contributed by atoms with Gasteiger partial charge in [0.1, 0.15) is 18.9 Å². The van der Waals surface area contributed by atoms with Gasteiger partial charge in [-0.1, -0.05) is 18.2 Å². The molecule has 1 saturated heterocycles. The van der Waals surface area contributed by atoms with Crippen molar-refractivity contribution in [2.75, 3.05) is 46.4 Å². The number of likely N-dealkylation sites (tertiary alicyclic amines) is 1. The molecule has 1 heterocycles. The molecule has 1 atom stereocenters. The van der Waals surface area contributed by atoms with Gasteiger partial charge in [-0.3, -0.25) is 4.79 Å². The molecule has 26 heavy (non-hydrogen) atoms. The van der Waals surface area contributed by atoms with Crippen molar-refractivity contribution < 1.29 is 24.0 Å². The first kappa shape index (κ1) is 20.0. The molecule has 1 aliphatic heterocycles. The second-order valence-electron chi connectivity index (χ2n) is 6.57. The Hall–Kier alpha value is -2.28. The Bertz CT molecular complexity index is 559. The Morgan fingerprint density at radius 1 is 1.23 bits per heavy atom. The number of nitrogens with one attached hydrogen (secondary N) is 2. The van der Waals surface area contributed by atoms with Crippen molar-refractivity contribution in [1.29, 1.82) is 0 Å². The van der Waals surface area contributed by atoms with Gasteiger partial charge < -0.3 is 24.6 Å². The number of hydrogen-bond donors (Lipinski definition) is 2. The molecule has 1 aromatic carbocycles. The van der Waals surface area contributed by atoms with E-state index >= 15 is 0 Å². The lowest BCUT2D eigenvalue weighted by Crippen LogP contribution is -3.10. The minimum absolute atomic E-state index is 0.0387. The minimum Gasteiger partial charge on any atom is -0.488 e. The number of rotatable bonds is 8. The molecule has 0 spiro atoms. The Morgan fingerprint density at radius 2 is 1.92 bits per heavy atom. The zero-order chi connectivity index (χ0) is 18.8. The van der Waals surface area contributed by atoms with Crippen LogP contribution in [0, 0.1) is 0 Å². The summed E-state index contributed by atoms with van der Waals surface area (Å²) in [6, 6.07) is 9.79. The highest BCUT2D eigenvalue weighted by molar-refractivity contribution is 5.77. The molecule has 2 rings (SSSR count). The van der Waals surface area contributed by atoms with Crippen LogP contribution >= 0.6 is 0 Å². The summed E-state index contributed by atoms with van der Waals surface area (Å²) in [5.41, 5.74) is 0. The molecule has 1 aromatic rings. The fourth-order valence-electron chi connectivity index (χ4n) is 2.92. The van der Waals surface area contributed by atoms with E-state index in [1.165, 1.54) is 0 Å². The molecule has 0 bridgehead atoms. The molecular formula is C19H30N3O4+. The van der Waals surface area contributed by atoms with Crippen LogP contribution in [-0.2, 0) is 9.53 Å². The minimum atomic E-state index is -0.264. The van der Waals surface area contributed by atoms with Crippen LogP contribution in [0.25, 0.3) is 0 Å². The molecule has 1 fully saturated rings. The van der Waals surface area contributed by atoms with Crippen molar-refractivity contribution in [1.82, 2.24) is 10.2 Å². The number of ether oxygens (including phenoxy) is 2. The number of para-hydroxylation sites is 1. The third-order valence-electron chi connectivity index (χ3n) is 4.39. The van der Waals surface area contributed by atoms with Gasteiger partial charge in [-0.15, -0.1) is 0 Å². The van der Waals surface area contributed by atoms with E-state index in [9.17, 15) is 9.59 Å². The van der Waals surface area contributed by atoms with E-state index in [1.54, 1.807) is 11.8 Å². The second-order valence-corrected chi connectivity index (χ2v) is 6.57. The molecular weight excluding hydrogens is 334 g/mol. The van der Waals surface area contributed by atoms with Gasteiger partial charge in [0.15, 0.2) is 6.54 Å². The monoisotopic (exact) mass is 364 g/mol. The van der Waals surface area contributed by atoms with Crippen LogP contribution in [0.1, 0.15) is 19.8 Å². The number of likely N-dealkylation sites (N-methyl/N-ethyl adjacent to an activating group) is 1. The van der Waals surface area contributed by atoms with Crippen molar-refractivity contribution in [3.63, 3.8) is 0 Å². The van der Waals surface area contributed by atoms with Crippen LogP contribution in [0.2, 0.25) is 0 Å². The molecule has 0 aliphatic carbocycles. The van der Waals surface area contributed by atoms with Gasteiger partial charge in [-0.25, -0.2) is 4.79 Å². The van der Waals surface area contributed by atoms with Gasteiger partial charge in [0.2, 0.25) is 0 Å². The van der Waals surface area contributed by atoms with Gasteiger partial charge in [0, 0.05) is 19.1 Å². The molecule has 2 amide bonds. The van der Waals surface area contributed by atoms with Crippen LogP contribution in [-0.4, -0.2) is 69.4 Å². The van der Waals surface area contributed by atoms with E-state index in [0.29, 0.717) is 32.8 Å². The maximum atomic E-state index is 12.2. The number of nitrogens with zero attached hydrogens (tertiary/aromatic N) is 1. The number of quaternary nitrogens is 1. The summed E-state index contributed by atoms with van der Waals surface area (Å²) >= 11 is 0. The summed E-state index contributed by atoms with van der Waals surface area (Å²) in [7, 11) is 1.98. The number of amides is 2. The number of carbonyl (C=O) groups excluding carboxylic acids is 2. The Morgan fingerprint density at radius 3 is 2.58 bits per heavy atom. The molecule has 7 heteroatoms. The predicted molar refractivity (Wildman–Crippen MR) is 98.3 cm³/mol. The van der Waals surface area contributed by atoms with Crippen molar-refractivity contribution in [3.05, 3.63) is 30.3 Å². The lowest BCUT2D eigenvalue weighted by Gasteiger charge is -2.31. The summed E-state index contributed by atoms with van der Waals surface area (Å²) in [5, 5.41) is 3.07. The summed E-state index contributed by atoms with van der Waals surface area (Å²) in [4.78, 5) is 26.7. The lowest BCUT2D eigenvalue weighted by molar-refractivity contribution is -0.871. The van der Waals surface area contributed by atoms with Gasteiger partial charge in [-0.05, 0) is 31.9 Å². The van der Waals surface area contributed by atoms with Gasteiger partial charge in [0.25, 0.3) is 5.91 Å². The fourth-order valence-corrected chi connectivity index (χ4v) is 2.92. The molecule has 7 nitrogen and oxygen atoms in total. The van der Waals surface area contributed by atoms with Crippen molar-refractivity contribution in [2.24, 2.45) is 0 Å². The van der Waals surface area contributed by atoms with E-state index in [0.717, 1.165) is 30.0 Å². The summed E-state index contributed by atoms with van der Waals surface area (Å²) in [6.07, 6.45) is 1.27. The quantitative estimate of drug-likeness (QED) is 0.697. The zero-order valence-corrected chi connectivity index (χ0v) is 15.7. The smallest absolute Gasteiger partial charge is 0.409 e. The van der Waals surface area contributed by atoms with Gasteiger partial charge >= 0.3 is 6.09 Å². The summed E-state index contributed by atoms with van der Waals surface area (Å²) < 4.78 is 10.7. The first-order chi connectivity index (χ1) is 12.6. The maximum absolute atomic E-state index is 12.2. The van der Waals surface area contributed by atoms with Gasteiger partial charge in [-0.2, -0.15) is 0 Å². The highest BCUT2D eigenvalue weighted by atomic mass is 16.6. The first-order valence-corrected chi connectivity index (χ1v) is 9.28. The summed E-state index contributed by atoms with van der Waals surface area (Å²) in [6.45, 7) is 5.17. The highest BCUT2D eigenvalue weighted by Gasteiger charge is 2.25. The number of piperidine rings is 1. The van der Waals surface area contributed by atoms with E-state index in [-0.39, 0.29) is 18.0 Å². The zero-order valence-electron chi connectivity index (χ0n) is 15.7. The van der Waals surface area contributed by atoms with Crippen molar-refractivity contribution in [2.45, 2.75) is 25.8 Å². The Balaban J connectivity index is 1.60. The molecule has 144 valence electrons. The second kappa shape index (κ2) is 10.7. The largest absolute Gasteiger partial charge is 0.488 e. The lowest BCUT2D eigenvalue weighted by atomic mass is 10.1. The molecule has 0 radical (unpaired) electrons. The van der Waals surface area contributed by atoms with Crippen LogP contribution in [0.15, 0.2) is 30.3 Å². The number of carbonyl (C=O) groups is 2. The molecule has 1 aliphatic rings. The van der Waals surface area contributed by atoms with E-state index in [4.69, 9.17) is 9.47 Å². The third kappa shape index (κ3) is 6.92. The normalized spacial score (nSPS) is 16.0. The molecule has 0 saturated carbocycles. The Kier molecular flexibility index (Phi) is 8.21. The van der Waals surface area contributed by atoms with Crippen LogP contribution in [0.4, 0.5) is 4.79 Å². The Labute approximate surface area is 155 Å². The maximum Gasteiger partial charge on any atom is 0.409 e. The fraction of sp³-hybridized carbons (Fsp3) is 0.579. The number of benzene rings is 1. The van der Waals surface area contributed by atoms with Crippen LogP contribution in [0.3, 0.4) is 0 Å². The predicted octanol–water partition coefficient (Wildman–Crippen LogP) is 0.317. The topological polar surface area (TPSA) is 72.3 Å². The summed E-state index contributed by atoms with van der Waals surface area (Å²) in [5.74, 6) is 0.884. The van der Waals surface area contributed by atoms with E-state index < -0.39 is 0 Å². The van der Waals surface area contributed by atoms with Crippen molar-refractivity contribution in [3.8, 4) is 5.75 Å². The highest BCUT2D eigenvalue weighted by Crippen LogP contribution is 2.11. The SMILES string of the molecule is CCOC(=O)N1CCC(NC(=O)C[NH+](C)CCOc2ccccc2)CC1. The van der Waals surface area contributed by atoms with E-state index in [2.05, 4.69) is 5.32 Å². The van der Waals surface area contributed by atoms with Crippen molar-refractivity contribution >= 4 is 12.0 Å². The number of hydrogen-bond acceptors (Lipinski definition) is 4. The first-order valence-electron chi connectivity index (χ1n) is 9.28. The van der Waals surface area contributed by atoms with E-state index in [1.807, 2.05) is 37.4 Å². The third-order valence-corrected chi connectivity index (χ3v) is 4.39. The standard InChI is InChI=1S/C19H29N3O4/c1-3-25-19(24)22-11-9-16(10-12-22)20-18(23)15-21(2)13-14-26-17-7-5-4-6-8-17/h4-8,16H,3,9-15H2,1-2H3,(H,20,23)/p+1. The van der Waals surface area contributed by atoms with Crippen LogP contribution in [0.5, 0.6) is 5.75 Å². The molecule has 1 unspecified atom stereocenters. The van der Waals surface area contributed by atoms with Gasteiger partial charge in [0.05, 0.1) is 13.7 Å². The molecule has 0 aromatic heterocycles. The average molecular weight is 364 g/mol.